The number of nitrogens with zero attached hydrogens (tertiary/aromatic N) is 4. The van der Waals surface area contributed by atoms with Gasteiger partial charge in [-0.15, -0.1) is 5.10 Å². The number of carbonyl (C=O) groups is 1. The van der Waals surface area contributed by atoms with Crippen LogP contribution in [-0.2, 0) is 18.3 Å². The number of rotatable bonds is 4. The molecule has 4 aromatic rings. The lowest BCUT2D eigenvalue weighted by atomic mass is 10.1. The van der Waals surface area contributed by atoms with Crippen LogP contribution in [0.25, 0.3) is 17.2 Å². The number of benzene rings is 2. The van der Waals surface area contributed by atoms with Gasteiger partial charge in [0.15, 0.2) is 5.82 Å². The molecule has 0 bridgehead atoms. The quantitative estimate of drug-likeness (QED) is 0.584. The third-order valence-corrected chi connectivity index (χ3v) is 4.95. The Morgan fingerprint density at radius 1 is 1.07 bits per heavy atom. The molecule has 7 heteroatoms. The van der Waals surface area contributed by atoms with Gasteiger partial charge >= 0.3 is 0 Å². The summed E-state index contributed by atoms with van der Waals surface area (Å²) in [7, 11) is 1.82. The van der Waals surface area contributed by atoms with E-state index in [1.807, 2.05) is 75.5 Å². The van der Waals surface area contributed by atoms with Gasteiger partial charge in [-0.1, -0.05) is 42.5 Å². The Morgan fingerprint density at radius 2 is 1.83 bits per heavy atom. The van der Waals surface area contributed by atoms with E-state index in [4.69, 9.17) is 0 Å². The van der Waals surface area contributed by atoms with Crippen LogP contribution in [0, 0.1) is 13.8 Å². The van der Waals surface area contributed by atoms with Crippen molar-refractivity contribution < 1.29 is 4.79 Å². The molecule has 0 unspecified atom stereocenters. The summed E-state index contributed by atoms with van der Waals surface area (Å²) in [5.41, 5.74) is 3.34. The Labute approximate surface area is 167 Å². The van der Waals surface area contributed by atoms with E-state index < -0.39 is 0 Å². The van der Waals surface area contributed by atoms with Gasteiger partial charge in [-0.3, -0.25) is 9.59 Å². The molecule has 2 aromatic heterocycles. The zero-order valence-electron chi connectivity index (χ0n) is 16.5. The van der Waals surface area contributed by atoms with Crippen LogP contribution in [0.3, 0.4) is 0 Å². The van der Waals surface area contributed by atoms with Crippen molar-refractivity contribution in [2.75, 3.05) is 5.32 Å². The minimum absolute atomic E-state index is 0.0388. The number of amides is 1. The molecule has 0 aliphatic heterocycles. The van der Waals surface area contributed by atoms with Crippen molar-refractivity contribution >= 4 is 17.4 Å². The lowest BCUT2D eigenvalue weighted by Crippen LogP contribution is -2.28. The third kappa shape index (κ3) is 3.54. The first-order chi connectivity index (χ1) is 13.9. The highest BCUT2D eigenvalue weighted by atomic mass is 16.2. The minimum Gasteiger partial charge on any atom is -0.326 e. The van der Waals surface area contributed by atoms with Crippen LogP contribution in [0.15, 0.2) is 59.4 Å². The first-order valence-electron chi connectivity index (χ1n) is 9.31. The second-order valence-electron chi connectivity index (χ2n) is 7.04. The predicted octanol–water partition coefficient (Wildman–Crippen LogP) is 2.89. The van der Waals surface area contributed by atoms with E-state index >= 15 is 0 Å². The molecule has 1 N–H and O–H groups in total. The molecule has 7 nitrogen and oxygen atoms in total. The summed E-state index contributed by atoms with van der Waals surface area (Å²) >= 11 is 0. The Hall–Kier alpha value is -3.74. The van der Waals surface area contributed by atoms with Gasteiger partial charge in [0.2, 0.25) is 11.7 Å². The highest BCUT2D eigenvalue weighted by molar-refractivity contribution is 5.92. The predicted molar refractivity (Wildman–Crippen MR) is 112 cm³/mol. The monoisotopic (exact) mass is 387 g/mol. The molecule has 0 saturated carbocycles. The second kappa shape index (κ2) is 7.35. The number of hydrogen-bond donors (Lipinski definition) is 1. The average Bonchev–Trinajstić information content (AvgIpc) is 3.16. The molecule has 1 amide bonds. The van der Waals surface area contributed by atoms with Crippen molar-refractivity contribution in [3.63, 3.8) is 0 Å². The molecule has 4 rings (SSSR count). The largest absolute Gasteiger partial charge is 0.326 e. The summed E-state index contributed by atoms with van der Waals surface area (Å²) in [5, 5.41) is 7.24. The Balaban J connectivity index is 1.71. The molecule has 0 aliphatic carbocycles. The molecule has 2 aromatic carbocycles. The van der Waals surface area contributed by atoms with Crippen molar-refractivity contribution in [3.05, 3.63) is 81.8 Å². The summed E-state index contributed by atoms with van der Waals surface area (Å²) in [6.07, 6.45) is -0.0388. The molecule has 2 heterocycles. The van der Waals surface area contributed by atoms with E-state index in [9.17, 15) is 9.59 Å². The fourth-order valence-corrected chi connectivity index (χ4v) is 3.29. The van der Waals surface area contributed by atoms with E-state index in [0.717, 1.165) is 11.1 Å². The van der Waals surface area contributed by atoms with Gasteiger partial charge < -0.3 is 9.88 Å². The van der Waals surface area contributed by atoms with Gasteiger partial charge in [0.25, 0.3) is 5.56 Å². The molecular weight excluding hydrogens is 366 g/mol. The maximum Gasteiger partial charge on any atom is 0.279 e. The molecule has 29 heavy (non-hydrogen) atoms. The molecule has 0 fully saturated rings. The Bertz CT molecular complexity index is 1270. The maximum atomic E-state index is 13.1. The van der Waals surface area contributed by atoms with Crippen molar-refractivity contribution in [2.24, 2.45) is 7.05 Å². The summed E-state index contributed by atoms with van der Waals surface area (Å²) in [4.78, 5) is 30.1. The molecular formula is C22H21N5O2. The van der Waals surface area contributed by atoms with Gasteiger partial charge in [0.05, 0.1) is 6.42 Å². The fraction of sp³-hybridized carbons (Fsp3) is 0.182. The number of aromatic nitrogens is 4. The standard InChI is InChI=1S/C22H21N5O2/c1-14-8-7-11-17(12-14)23-19(28)13-18-15(2)26(3)22-24-20(25-27(22)21(18)29)16-9-5-4-6-10-16/h4-12H,13H2,1-3H3,(H,23,28). The summed E-state index contributed by atoms with van der Waals surface area (Å²) in [6, 6.07) is 17.0. The second-order valence-corrected chi connectivity index (χ2v) is 7.04. The van der Waals surface area contributed by atoms with Crippen LogP contribution in [0.2, 0.25) is 0 Å². The molecule has 0 saturated heterocycles. The van der Waals surface area contributed by atoms with Crippen molar-refractivity contribution in [1.29, 1.82) is 0 Å². The van der Waals surface area contributed by atoms with E-state index in [-0.39, 0.29) is 17.9 Å². The van der Waals surface area contributed by atoms with Gasteiger partial charge in [0.1, 0.15) is 0 Å². The summed E-state index contributed by atoms with van der Waals surface area (Å²) in [6.45, 7) is 3.77. The van der Waals surface area contributed by atoms with Crippen LogP contribution < -0.4 is 10.9 Å². The number of aryl methyl sites for hydroxylation is 2. The van der Waals surface area contributed by atoms with Crippen LogP contribution in [0.1, 0.15) is 16.8 Å². The Morgan fingerprint density at radius 3 is 2.55 bits per heavy atom. The van der Waals surface area contributed by atoms with Crippen LogP contribution in [0.4, 0.5) is 5.69 Å². The molecule has 0 spiro atoms. The molecule has 0 atom stereocenters. The van der Waals surface area contributed by atoms with Gasteiger partial charge in [-0.2, -0.15) is 9.50 Å². The van der Waals surface area contributed by atoms with Crippen LogP contribution >= 0.6 is 0 Å². The van der Waals surface area contributed by atoms with Crippen molar-refractivity contribution in [2.45, 2.75) is 20.3 Å². The zero-order chi connectivity index (χ0) is 20.5. The first kappa shape index (κ1) is 18.6. The highest BCUT2D eigenvalue weighted by Crippen LogP contribution is 2.16. The topological polar surface area (TPSA) is 81.3 Å². The van der Waals surface area contributed by atoms with E-state index in [0.29, 0.717) is 28.5 Å². The molecule has 0 aliphatic rings. The third-order valence-electron chi connectivity index (χ3n) is 4.95. The molecule has 146 valence electrons. The SMILES string of the molecule is Cc1cccc(NC(=O)Cc2c(C)n(C)c3nc(-c4ccccc4)nn3c2=O)c1. The number of carbonyl (C=O) groups excluding carboxylic acids is 1. The molecule has 0 radical (unpaired) electrons. The Kier molecular flexibility index (Phi) is 4.72. The zero-order valence-corrected chi connectivity index (χ0v) is 16.5. The number of nitrogens with one attached hydrogen (secondary N) is 1. The maximum absolute atomic E-state index is 13.1. The van der Waals surface area contributed by atoms with Crippen molar-refractivity contribution in [3.8, 4) is 11.4 Å². The van der Waals surface area contributed by atoms with Gasteiger partial charge in [0, 0.05) is 29.6 Å². The number of fused-ring (bicyclic) bond motifs is 1. The number of hydrogen-bond acceptors (Lipinski definition) is 4. The lowest BCUT2D eigenvalue weighted by molar-refractivity contribution is -0.115. The smallest absolute Gasteiger partial charge is 0.279 e. The van der Waals surface area contributed by atoms with E-state index in [1.54, 1.807) is 4.57 Å². The lowest BCUT2D eigenvalue weighted by Gasteiger charge is -2.11. The van der Waals surface area contributed by atoms with Gasteiger partial charge in [-0.05, 0) is 31.5 Å². The van der Waals surface area contributed by atoms with Crippen LogP contribution in [-0.4, -0.2) is 25.1 Å². The van der Waals surface area contributed by atoms with Gasteiger partial charge in [-0.25, -0.2) is 0 Å². The average molecular weight is 387 g/mol. The normalized spacial score (nSPS) is 11.0. The minimum atomic E-state index is -0.329. The summed E-state index contributed by atoms with van der Waals surface area (Å²) < 4.78 is 3.06. The number of anilines is 1. The van der Waals surface area contributed by atoms with Crippen molar-refractivity contribution in [1.82, 2.24) is 19.2 Å². The summed E-state index contributed by atoms with van der Waals surface area (Å²) in [5.74, 6) is 0.659. The highest BCUT2D eigenvalue weighted by Gasteiger charge is 2.19. The van der Waals surface area contributed by atoms with Crippen LogP contribution in [0.5, 0.6) is 0 Å². The van der Waals surface area contributed by atoms with E-state index in [1.165, 1.54) is 4.52 Å². The fourth-order valence-electron chi connectivity index (χ4n) is 3.29. The van der Waals surface area contributed by atoms with E-state index in [2.05, 4.69) is 15.4 Å². The first-order valence-corrected chi connectivity index (χ1v) is 9.31.